The fourth-order valence-corrected chi connectivity index (χ4v) is 1.89. The van der Waals surface area contributed by atoms with Crippen LogP contribution in [-0.2, 0) is 9.59 Å². The van der Waals surface area contributed by atoms with E-state index in [4.69, 9.17) is 17.3 Å². The number of nitrogens with two attached hydrogens (primary N) is 1. The molecular formula is C12H17N3O4. The van der Waals surface area contributed by atoms with Gasteiger partial charge in [-0.15, -0.1) is 12.3 Å². The van der Waals surface area contributed by atoms with Crippen LogP contribution < -0.4 is 11.1 Å². The van der Waals surface area contributed by atoms with Gasteiger partial charge in [-0.1, -0.05) is 0 Å². The van der Waals surface area contributed by atoms with Gasteiger partial charge in [0, 0.05) is 19.5 Å². The number of carboxylic acid groups (broad SMARTS) is 1. The van der Waals surface area contributed by atoms with Crippen molar-refractivity contribution in [3.05, 3.63) is 0 Å². The van der Waals surface area contributed by atoms with E-state index in [1.165, 1.54) is 4.90 Å². The Labute approximate surface area is 111 Å². The molecule has 1 aliphatic rings. The number of hydrogen-bond acceptors (Lipinski definition) is 3. The molecule has 7 nitrogen and oxygen atoms in total. The van der Waals surface area contributed by atoms with Gasteiger partial charge in [0.15, 0.2) is 0 Å². The number of likely N-dealkylation sites (tertiary alicyclic amines) is 1. The summed E-state index contributed by atoms with van der Waals surface area (Å²) in [6.07, 6.45) is 5.41. The minimum absolute atomic E-state index is 0.0952. The summed E-state index contributed by atoms with van der Waals surface area (Å²) >= 11 is 0. The zero-order valence-corrected chi connectivity index (χ0v) is 10.7. The number of carbonyl (C=O) groups excluding carboxylic acids is 2. The first-order chi connectivity index (χ1) is 8.80. The van der Waals surface area contributed by atoms with E-state index in [1.807, 2.05) is 0 Å². The average Bonchev–Trinajstić information content (AvgIpc) is 2.72. The van der Waals surface area contributed by atoms with Gasteiger partial charge in [0.2, 0.25) is 5.91 Å². The summed E-state index contributed by atoms with van der Waals surface area (Å²) in [5.41, 5.74) is 4.51. The fourth-order valence-electron chi connectivity index (χ4n) is 1.89. The number of nitrogens with zero attached hydrogens (tertiary/aromatic N) is 1. The van der Waals surface area contributed by atoms with Crippen molar-refractivity contribution in [2.24, 2.45) is 11.1 Å². The number of nitrogens with one attached hydrogen (secondary N) is 1. The molecule has 0 aromatic carbocycles. The monoisotopic (exact) mass is 267 g/mol. The maximum Gasteiger partial charge on any atom is 0.327 e. The standard InChI is InChI=1S/C12H17N3O4/c1-3-4-8(9(16)17)14-11(19)15-6-5-12(2,7-15)10(13)18/h1,8H,4-7H2,2H3,(H2,13,18)(H,14,19)(H,16,17). The topological polar surface area (TPSA) is 113 Å². The third kappa shape index (κ3) is 3.37. The van der Waals surface area contributed by atoms with E-state index in [0.29, 0.717) is 13.0 Å². The van der Waals surface area contributed by atoms with Gasteiger partial charge in [0.1, 0.15) is 6.04 Å². The highest BCUT2D eigenvalue weighted by atomic mass is 16.4. The molecule has 0 saturated carbocycles. The Morgan fingerprint density at radius 2 is 2.21 bits per heavy atom. The number of terminal acetylenes is 1. The molecular weight excluding hydrogens is 250 g/mol. The first kappa shape index (κ1) is 14.8. The summed E-state index contributed by atoms with van der Waals surface area (Å²) in [6.45, 7) is 2.21. The third-order valence-electron chi connectivity index (χ3n) is 3.27. The number of amides is 3. The highest BCUT2D eigenvalue weighted by Crippen LogP contribution is 2.29. The molecule has 0 aliphatic carbocycles. The van der Waals surface area contributed by atoms with Gasteiger partial charge in [-0.25, -0.2) is 9.59 Å². The Morgan fingerprint density at radius 1 is 1.58 bits per heavy atom. The molecule has 7 heteroatoms. The largest absolute Gasteiger partial charge is 0.480 e. The number of aliphatic carboxylic acids is 1. The van der Waals surface area contributed by atoms with Crippen LogP contribution in [0.25, 0.3) is 0 Å². The van der Waals surface area contributed by atoms with E-state index in [-0.39, 0.29) is 13.0 Å². The Morgan fingerprint density at radius 3 is 2.63 bits per heavy atom. The lowest BCUT2D eigenvalue weighted by Gasteiger charge is -2.22. The molecule has 1 saturated heterocycles. The summed E-state index contributed by atoms with van der Waals surface area (Å²) in [7, 11) is 0. The van der Waals surface area contributed by atoms with Gasteiger partial charge in [-0.2, -0.15) is 0 Å². The number of carboxylic acids is 1. The van der Waals surface area contributed by atoms with Crippen molar-refractivity contribution in [1.29, 1.82) is 0 Å². The SMILES string of the molecule is C#CCC(NC(=O)N1CCC(C)(C(N)=O)C1)C(=O)O. The van der Waals surface area contributed by atoms with Gasteiger partial charge in [0.05, 0.1) is 5.41 Å². The predicted octanol–water partition coefficient (Wildman–Crippen LogP) is -0.630. The van der Waals surface area contributed by atoms with Crippen LogP contribution in [0.2, 0.25) is 0 Å². The molecule has 1 fully saturated rings. The first-order valence-electron chi connectivity index (χ1n) is 5.82. The molecule has 0 aromatic heterocycles. The molecule has 1 heterocycles. The number of primary amides is 1. The van der Waals surface area contributed by atoms with Crippen LogP contribution in [0.4, 0.5) is 4.79 Å². The number of rotatable bonds is 4. The van der Waals surface area contributed by atoms with E-state index in [1.54, 1.807) is 6.92 Å². The second-order valence-corrected chi connectivity index (χ2v) is 4.85. The second kappa shape index (κ2) is 5.61. The van der Waals surface area contributed by atoms with E-state index in [9.17, 15) is 14.4 Å². The smallest absolute Gasteiger partial charge is 0.327 e. The third-order valence-corrected chi connectivity index (χ3v) is 3.27. The van der Waals surface area contributed by atoms with Crippen LogP contribution in [0.5, 0.6) is 0 Å². The molecule has 1 rings (SSSR count). The van der Waals surface area contributed by atoms with Crippen LogP contribution in [0.1, 0.15) is 19.8 Å². The lowest BCUT2D eigenvalue weighted by Crippen LogP contribution is -2.48. The summed E-state index contributed by atoms with van der Waals surface area (Å²) in [5, 5.41) is 11.2. The van der Waals surface area contributed by atoms with Crippen molar-refractivity contribution in [3.8, 4) is 12.3 Å². The van der Waals surface area contributed by atoms with Gasteiger partial charge in [-0.3, -0.25) is 4.79 Å². The Bertz CT molecular complexity index is 443. The molecule has 0 aromatic rings. The van der Waals surface area contributed by atoms with E-state index in [2.05, 4.69) is 11.2 Å². The molecule has 0 spiro atoms. The average molecular weight is 267 g/mol. The molecule has 2 unspecified atom stereocenters. The van der Waals surface area contributed by atoms with E-state index >= 15 is 0 Å². The second-order valence-electron chi connectivity index (χ2n) is 4.85. The van der Waals surface area contributed by atoms with Crippen molar-refractivity contribution in [3.63, 3.8) is 0 Å². The molecule has 19 heavy (non-hydrogen) atoms. The molecule has 3 amide bonds. The Kier molecular flexibility index (Phi) is 4.38. The van der Waals surface area contributed by atoms with Crippen molar-refractivity contribution in [1.82, 2.24) is 10.2 Å². The highest BCUT2D eigenvalue weighted by molar-refractivity contribution is 5.85. The fraction of sp³-hybridized carbons (Fsp3) is 0.583. The predicted molar refractivity (Wildman–Crippen MR) is 66.9 cm³/mol. The van der Waals surface area contributed by atoms with Gasteiger partial charge in [0.25, 0.3) is 0 Å². The Hall–Kier alpha value is -2.23. The minimum Gasteiger partial charge on any atom is -0.480 e. The van der Waals surface area contributed by atoms with Crippen LogP contribution >= 0.6 is 0 Å². The van der Waals surface area contributed by atoms with Crippen molar-refractivity contribution < 1.29 is 19.5 Å². The van der Waals surface area contributed by atoms with Crippen LogP contribution in [0.15, 0.2) is 0 Å². The van der Waals surface area contributed by atoms with Crippen molar-refractivity contribution in [2.45, 2.75) is 25.8 Å². The minimum atomic E-state index is -1.19. The molecule has 0 radical (unpaired) electrons. The summed E-state index contributed by atoms with van der Waals surface area (Å²) in [4.78, 5) is 35.4. The van der Waals surface area contributed by atoms with E-state index in [0.717, 1.165) is 0 Å². The Balaban J connectivity index is 2.63. The molecule has 2 atom stereocenters. The number of hydrogen-bond donors (Lipinski definition) is 3. The summed E-state index contributed by atoms with van der Waals surface area (Å²) in [6, 6.07) is -1.68. The van der Waals surface area contributed by atoms with Crippen molar-refractivity contribution >= 4 is 17.9 Å². The summed E-state index contributed by atoms with van der Waals surface area (Å²) < 4.78 is 0. The molecule has 104 valence electrons. The normalized spacial score (nSPS) is 23.5. The van der Waals surface area contributed by atoms with Crippen LogP contribution in [0, 0.1) is 17.8 Å². The van der Waals surface area contributed by atoms with Gasteiger partial charge < -0.3 is 21.1 Å². The van der Waals surface area contributed by atoms with Gasteiger partial charge >= 0.3 is 12.0 Å². The summed E-state index contributed by atoms with van der Waals surface area (Å²) in [5.74, 6) is 0.529. The number of urea groups is 1. The maximum absolute atomic E-state index is 11.9. The van der Waals surface area contributed by atoms with Gasteiger partial charge in [-0.05, 0) is 13.3 Å². The first-order valence-corrected chi connectivity index (χ1v) is 5.82. The molecule has 1 aliphatic heterocycles. The van der Waals surface area contributed by atoms with Crippen LogP contribution in [-0.4, -0.2) is 47.0 Å². The van der Waals surface area contributed by atoms with Crippen LogP contribution in [0.3, 0.4) is 0 Å². The zero-order chi connectivity index (χ0) is 14.6. The lowest BCUT2D eigenvalue weighted by molar-refractivity contribution is -0.139. The van der Waals surface area contributed by atoms with Crippen molar-refractivity contribution in [2.75, 3.05) is 13.1 Å². The maximum atomic E-state index is 11.9. The molecule has 0 bridgehead atoms. The van der Waals surface area contributed by atoms with E-state index < -0.39 is 29.4 Å². The quantitative estimate of drug-likeness (QED) is 0.588. The highest BCUT2D eigenvalue weighted by Gasteiger charge is 2.41. The lowest BCUT2D eigenvalue weighted by atomic mass is 9.89. The molecule has 4 N–H and O–H groups in total. The zero-order valence-electron chi connectivity index (χ0n) is 10.7. The number of carbonyl (C=O) groups is 3.